The van der Waals surface area contributed by atoms with Crippen LogP contribution in [0.4, 0.5) is 4.79 Å². The van der Waals surface area contributed by atoms with Gasteiger partial charge in [0.05, 0.1) is 0 Å². The van der Waals surface area contributed by atoms with Crippen LogP contribution >= 0.6 is 0 Å². The third-order valence-electron chi connectivity index (χ3n) is 0.992. The molecule has 0 aromatic heterocycles. The first-order valence-electron chi connectivity index (χ1n) is 2.96. The monoisotopic (exact) mass is 212 g/mol. The van der Waals surface area contributed by atoms with Crippen LogP contribution in [0.3, 0.4) is 0 Å². The number of urea groups is 1. The molecule has 0 bridgehead atoms. The number of hydrogen-bond donors (Lipinski definition) is 4. The zero-order valence-electron chi connectivity index (χ0n) is 6.30. The van der Waals surface area contributed by atoms with Crippen LogP contribution in [0.5, 0.6) is 0 Å². The number of carboxylic acids is 1. The van der Waals surface area contributed by atoms with Crippen molar-refractivity contribution in [3.8, 4) is 0 Å². The SMILES string of the molecule is NC(=O)N[C@@H](CS(=O)(=O)O)C(=O)O. The van der Waals surface area contributed by atoms with E-state index >= 15 is 0 Å². The standard InChI is InChI=1S/C4H8N2O6S/c5-4(9)6-2(3(7)8)1-13(10,11)12/h2H,1H2,(H,7,8)(H3,5,6,9)(H,10,11,12)/t2-/m0/s1. The van der Waals surface area contributed by atoms with Gasteiger partial charge in [0, 0.05) is 0 Å². The van der Waals surface area contributed by atoms with Crippen molar-refractivity contribution in [1.29, 1.82) is 0 Å². The molecule has 0 saturated carbocycles. The molecule has 76 valence electrons. The Hall–Kier alpha value is -1.35. The van der Waals surface area contributed by atoms with Crippen molar-refractivity contribution in [2.45, 2.75) is 6.04 Å². The van der Waals surface area contributed by atoms with Crippen molar-refractivity contribution in [2.75, 3.05) is 5.75 Å². The van der Waals surface area contributed by atoms with Crippen molar-refractivity contribution >= 4 is 22.1 Å². The molecular formula is C4H8N2O6S. The highest BCUT2D eigenvalue weighted by Crippen LogP contribution is 1.91. The molecule has 0 aliphatic rings. The second kappa shape index (κ2) is 4.05. The van der Waals surface area contributed by atoms with Crippen LogP contribution in [0.15, 0.2) is 0 Å². The second-order valence-corrected chi connectivity index (χ2v) is 3.65. The van der Waals surface area contributed by atoms with Gasteiger partial charge < -0.3 is 16.2 Å². The number of aliphatic carboxylic acids is 1. The van der Waals surface area contributed by atoms with Gasteiger partial charge >= 0.3 is 12.0 Å². The van der Waals surface area contributed by atoms with E-state index in [0.29, 0.717) is 0 Å². The maximum absolute atomic E-state index is 10.3. The van der Waals surface area contributed by atoms with Crippen molar-refractivity contribution < 1.29 is 27.7 Å². The minimum Gasteiger partial charge on any atom is -0.480 e. The topological polar surface area (TPSA) is 147 Å². The highest BCUT2D eigenvalue weighted by Gasteiger charge is 2.24. The number of nitrogens with one attached hydrogen (secondary N) is 1. The fraction of sp³-hybridized carbons (Fsp3) is 0.500. The molecule has 0 aromatic rings. The Bertz CT molecular complexity index is 309. The number of carbonyl (C=O) groups is 2. The van der Waals surface area contributed by atoms with Gasteiger partial charge in [-0.25, -0.2) is 9.59 Å². The van der Waals surface area contributed by atoms with Crippen LogP contribution in [-0.4, -0.2) is 41.9 Å². The Morgan fingerprint density at radius 2 is 1.92 bits per heavy atom. The third kappa shape index (κ3) is 5.87. The third-order valence-corrected chi connectivity index (χ3v) is 1.75. The molecule has 9 heteroatoms. The first-order chi connectivity index (χ1) is 5.72. The summed E-state index contributed by atoms with van der Waals surface area (Å²) in [6.45, 7) is 0. The molecule has 8 nitrogen and oxygen atoms in total. The van der Waals surface area contributed by atoms with E-state index < -0.39 is 33.9 Å². The van der Waals surface area contributed by atoms with E-state index in [1.165, 1.54) is 0 Å². The first-order valence-corrected chi connectivity index (χ1v) is 4.57. The van der Waals surface area contributed by atoms with Crippen LogP contribution in [0, 0.1) is 0 Å². The molecule has 0 saturated heterocycles. The van der Waals surface area contributed by atoms with Gasteiger partial charge in [-0.1, -0.05) is 0 Å². The lowest BCUT2D eigenvalue weighted by molar-refractivity contribution is -0.138. The highest BCUT2D eigenvalue weighted by molar-refractivity contribution is 7.85. The largest absolute Gasteiger partial charge is 0.480 e. The Labute approximate surface area is 73.5 Å². The van der Waals surface area contributed by atoms with Gasteiger partial charge in [0.1, 0.15) is 11.8 Å². The van der Waals surface area contributed by atoms with Gasteiger partial charge in [-0.15, -0.1) is 0 Å². The van der Waals surface area contributed by atoms with Gasteiger partial charge in [-0.2, -0.15) is 8.42 Å². The zero-order valence-corrected chi connectivity index (χ0v) is 7.11. The number of rotatable bonds is 4. The summed E-state index contributed by atoms with van der Waals surface area (Å²) < 4.78 is 28.7. The number of primary amides is 1. The molecule has 0 unspecified atom stereocenters. The van der Waals surface area contributed by atoms with Crippen molar-refractivity contribution in [2.24, 2.45) is 5.73 Å². The molecule has 0 fully saturated rings. The molecule has 0 heterocycles. The van der Waals surface area contributed by atoms with Gasteiger partial charge in [0.25, 0.3) is 10.1 Å². The quantitative estimate of drug-likeness (QED) is 0.396. The summed E-state index contributed by atoms with van der Waals surface area (Å²) in [6.07, 6.45) is 0. The molecule has 0 aliphatic carbocycles. The number of hydrogen-bond acceptors (Lipinski definition) is 4. The minimum absolute atomic E-state index is 1.12. The molecule has 0 rings (SSSR count). The van der Waals surface area contributed by atoms with Crippen LogP contribution in [0.25, 0.3) is 0 Å². The van der Waals surface area contributed by atoms with E-state index in [4.69, 9.17) is 9.66 Å². The van der Waals surface area contributed by atoms with Crippen LogP contribution in [-0.2, 0) is 14.9 Å². The minimum atomic E-state index is -4.47. The van der Waals surface area contributed by atoms with Crippen LogP contribution < -0.4 is 11.1 Å². The fourth-order valence-corrected chi connectivity index (χ4v) is 1.20. The van der Waals surface area contributed by atoms with E-state index in [2.05, 4.69) is 5.73 Å². The maximum Gasteiger partial charge on any atom is 0.327 e. The highest BCUT2D eigenvalue weighted by atomic mass is 32.2. The van der Waals surface area contributed by atoms with Crippen molar-refractivity contribution in [1.82, 2.24) is 5.32 Å². The lowest BCUT2D eigenvalue weighted by Gasteiger charge is -2.09. The van der Waals surface area contributed by atoms with E-state index in [1.807, 2.05) is 0 Å². The summed E-state index contributed by atoms with van der Waals surface area (Å²) in [5.74, 6) is -2.72. The van der Waals surface area contributed by atoms with Crippen molar-refractivity contribution in [3.05, 3.63) is 0 Å². The molecule has 1 atom stereocenters. The normalized spacial score (nSPS) is 13.3. The zero-order chi connectivity index (χ0) is 10.6. The number of carboxylic acid groups (broad SMARTS) is 1. The molecule has 2 amide bonds. The fourth-order valence-electron chi connectivity index (χ4n) is 0.557. The molecule has 13 heavy (non-hydrogen) atoms. The molecule has 0 spiro atoms. The molecule has 5 N–H and O–H groups in total. The smallest absolute Gasteiger partial charge is 0.327 e. The Balaban J connectivity index is 4.45. The summed E-state index contributed by atoms with van der Waals surface area (Å²) in [4.78, 5) is 20.4. The molecule has 0 aliphatic heterocycles. The van der Waals surface area contributed by atoms with Crippen LogP contribution in [0.1, 0.15) is 0 Å². The lowest BCUT2D eigenvalue weighted by Crippen LogP contribution is -2.47. The maximum atomic E-state index is 10.3. The predicted molar refractivity (Wildman–Crippen MR) is 40.6 cm³/mol. The average Bonchev–Trinajstić information content (AvgIpc) is 1.81. The predicted octanol–water partition coefficient (Wildman–Crippen LogP) is -2.00. The average molecular weight is 212 g/mol. The van der Waals surface area contributed by atoms with Crippen LogP contribution in [0.2, 0.25) is 0 Å². The summed E-state index contributed by atoms with van der Waals surface area (Å²) in [6, 6.07) is -2.93. The first kappa shape index (κ1) is 11.6. The van der Waals surface area contributed by atoms with Gasteiger partial charge in [0.15, 0.2) is 0 Å². The Morgan fingerprint density at radius 1 is 1.46 bits per heavy atom. The van der Waals surface area contributed by atoms with Gasteiger partial charge in [-0.05, 0) is 0 Å². The molecule has 0 radical (unpaired) electrons. The summed E-state index contributed by atoms with van der Waals surface area (Å²) in [5.41, 5.74) is 4.56. The molecule has 0 aromatic carbocycles. The number of nitrogens with two attached hydrogens (primary N) is 1. The van der Waals surface area contributed by atoms with E-state index in [1.54, 1.807) is 5.32 Å². The van der Waals surface area contributed by atoms with Crippen molar-refractivity contribution in [3.63, 3.8) is 0 Å². The Morgan fingerprint density at radius 3 is 2.15 bits per heavy atom. The van der Waals surface area contributed by atoms with Gasteiger partial charge in [0.2, 0.25) is 0 Å². The summed E-state index contributed by atoms with van der Waals surface area (Å²) in [7, 11) is -4.47. The lowest BCUT2D eigenvalue weighted by atomic mass is 10.3. The summed E-state index contributed by atoms with van der Waals surface area (Å²) in [5, 5.41) is 9.98. The Kier molecular flexibility index (Phi) is 3.63. The van der Waals surface area contributed by atoms with E-state index in [-0.39, 0.29) is 0 Å². The molecular weight excluding hydrogens is 204 g/mol. The van der Waals surface area contributed by atoms with Gasteiger partial charge in [-0.3, -0.25) is 4.55 Å². The second-order valence-electron chi connectivity index (χ2n) is 2.15. The number of carbonyl (C=O) groups excluding carboxylic acids is 1. The van der Waals surface area contributed by atoms with E-state index in [9.17, 15) is 18.0 Å². The number of amides is 2. The summed E-state index contributed by atoms with van der Waals surface area (Å²) >= 11 is 0. The van der Waals surface area contributed by atoms with E-state index in [0.717, 1.165) is 0 Å².